The van der Waals surface area contributed by atoms with Gasteiger partial charge in [-0.3, -0.25) is 4.98 Å². The average molecular weight is 322 g/mol. The van der Waals surface area contributed by atoms with E-state index < -0.39 is 0 Å². The lowest BCUT2D eigenvalue weighted by Gasteiger charge is -2.32. The number of hydrogen-bond acceptors (Lipinski definition) is 7. The number of hydrogen-bond donors (Lipinski definition) is 0. The monoisotopic (exact) mass is 322 g/mol. The van der Waals surface area contributed by atoms with Crippen LogP contribution in [0.5, 0.6) is 5.75 Å². The second-order valence-corrected chi connectivity index (χ2v) is 6.09. The van der Waals surface area contributed by atoms with Crippen LogP contribution in [0, 0.1) is 11.5 Å². The van der Waals surface area contributed by atoms with Crippen LogP contribution >= 0.6 is 0 Å². The molecule has 0 bridgehead atoms. The molecule has 2 aliphatic heterocycles. The van der Waals surface area contributed by atoms with Gasteiger partial charge in [-0.15, -0.1) is 0 Å². The van der Waals surface area contributed by atoms with Crippen molar-refractivity contribution < 1.29 is 4.74 Å². The van der Waals surface area contributed by atoms with Gasteiger partial charge in [0.05, 0.1) is 25.0 Å². The van der Waals surface area contributed by atoms with Gasteiger partial charge in [0.25, 0.3) is 0 Å². The summed E-state index contributed by atoms with van der Waals surface area (Å²) in [5, 5.41) is 9.01. The van der Waals surface area contributed by atoms with Crippen molar-refractivity contribution in [2.24, 2.45) is 0 Å². The SMILES string of the molecule is N#CN1Cc2cnc(N3CCC(Oc4cccnc4)CC3)nc2C1. The number of nitrogens with zero attached hydrogens (tertiary/aromatic N) is 6. The summed E-state index contributed by atoms with van der Waals surface area (Å²) in [5.74, 6) is 1.58. The predicted octanol–water partition coefficient (Wildman–Crippen LogP) is 1.72. The van der Waals surface area contributed by atoms with Gasteiger partial charge < -0.3 is 14.5 Å². The van der Waals surface area contributed by atoms with Crippen molar-refractivity contribution in [1.29, 1.82) is 5.26 Å². The minimum absolute atomic E-state index is 0.203. The van der Waals surface area contributed by atoms with E-state index in [0.29, 0.717) is 13.1 Å². The van der Waals surface area contributed by atoms with Gasteiger partial charge in [0.1, 0.15) is 11.9 Å². The zero-order chi connectivity index (χ0) is 16.4. The fraction of sp³-hybridized carbons (Fsp3) is 0.412. The van der Waals surface area contributed by atoms with Crippen LogP contribution in [0.25, 0.3) is 0 Å². The summed E-state index contributed by atoms with van der Waals surface area (Å²) in [6.07, 6.45) is 9.58. The molecule has 0 unspecified atom stereocenters. The Balaban J connectivity index is 1.37. The Morgan fingerprint density at radius 3 is 2.83 bits per heavy atom. The summed E-state index contributed by atoms with van der Waals surface area (Å²) in [6.45, 7) is 2.94. The van der Waals surface area contributed by atoms with Gasteiger partial charge in [0.15, 0.2) is 6.19 Å². The molecule has 2 aromatic heterocycles. The molecule has 2 aromatic rings. The van der Waals surface area contributed by atoms with Crippen LogP contribution in [0.3, 0.4) is 0 Å². The van der Waals surface area contributed by atoms with Crippen molar-refractivity contribution in [2.45, 2.75) is 32.0 Å². The Hall–Kier alpha value is -2.88. The lowest BCUT2D eigenvalue weighted by atomic mass is 10.1. The lowest BCUT2D eigenvalue weighted by Crippen LogP contribution is -2.39. The Bertz CT molecular complexity index is 751. The summed E-state index contributed by atoms with van der Waals surface area (Å²) in [7, 11) is 0. The van der Waals surface area contributed by atoms with E-state index in [1.165, 1.54) is 0 Å². The molecule has 0 N–H and O–H groups in total. The molecule has 0 atom stereocenters. The van der Waals surface area contributed by atoms with Gasteiger partial charge in [-0.2, -0.15) is 5.26 Å². The topological polar surface area (TPSA) is 78.2 Å². The second kappa shape index (κ2) is 6.32. The van der Waals surface area contributed by atoms with E-state index in [1.807, 2.05) is 18.3 Å². The van der Waals surface area contributed by atoms with Crippen molar-refractivity contribution in [3.05, 3.63) is 42.0 Å². The number of nitriles is 1. The summed E-state index contributed by atoms with van der Waals surface area (Å²) >= 11 is 0. The smallest absolute Gasteiger partial charge is 0.225 e. The maximum absolute atomic E-state index is 9.01. The quantitative estimate of drug-likeness (QED) is 0.796. The average Bonchev–Trinajstić information content (AvgIpc) is 3.05. The fourth-order valence-electron chi connectivity index (χ4n) is 3.15. The minimum atomic E-state index is 0.203. The highest BCUT2D eigenvalue weighted by molar-refractivity contribution is 5.35. The van der Waals surface area contributed by atoms with Crippen molar-refractivity contribution in [2.75, 3.05) is 18.0 Å². The first-order chi connectivity index (χ1) is 11.8. The van der Waals surface area contributed by atoms with E-state index in [-0.39, 0.29) is 6.10 Å². The summed E-state index contributed by atoms with van der Waals surface area (Å²) in [5.41, 5.74) is 2.02. The maximum atomic E-state index is 9.01. The maximum Gasteiger partial charge on any atom is 0.225 e. The molecule has 4 heterocycles. The van der Waals surface area contributed by atoms with Crippen molar-refractivity contribution in [3.63, 3.8) is 0 Å². The predicted molar refractivity (Wildman–Crippen MR) is 87.0 cm³/mol. The Labute approximate surface area is 140 Å². The van der Waals surface area contributed by atoms with E-state index in [0.717, 1.165) is 48.9 Å². The van der Waals surface area contributed by atoms with Crippen molar-refractivity contribution in [1.82, 2.24) is 19.9 Å². The Morgan fingerprint density at radius 1 is 1.21 bits per heavy atom. The first kappa shape index (κ1) is 14.7. The van der Waals surface area contributed by atoms with Crippen LogP contribution in [-0.2, 0) is 13.1 Å². The van der Waals surface area contributed by atoms with Gasteiger partial charge >= 0.3 is 0 Å². The molecule has 0 amide bonds. The van der Waals surface area contributed by atoms with Gasteiger partial charge in [-0.1, -0.05) is 0 Å². The minimum Gasteiger partial charge on any atom is -0.489 e. The van der Waals surface area contributed by atoms with Crippen LogP contribution in [0.15, 0.2) is 30.7 Å². The summed E-state index contributed by atoms with van der Waals surface area (Å²) < 4.78 is 5.97. The van der Waals surface area contributed by atoms with Crippen LogP contribution < -0.4 is 9.64 Å². The number of anilines is 1. The molecule has 7 heteroatoms. The molecular formula is C17H18N6O. The van der Waals surface area contributed by atoms with Gasteiger partial charge in [0.2, 0.25) is 5.95 Å². The number of aromatic nitrogens is 3. The molecule has 0 radical (unpaired) electrons. The van der Waals surface area contributed by atoms with E-state index in [9.17, 15) is 0 Å². The molecule has 4 rings (SSSR count). The van der Waals surface area contributed by atoms with Crippen LogP contribution in [0.1, 0.15) is 24.1 Å². The number of pyridine rings is 1. The largest absolute Gasteiger partial charge is 0.489 e. The second-order valence-electron chi connectivity index (χ2n) is 6.09. The van der Waals surface area contributed by atoms with E-state index in [1.54, 1.807) is 17.3 Å². The molecule has 7 nitrogen and oxygen atoms in total. The van der Waals surface area contributed by atoms with Crippen LogP contribution in [0.4, 0.5) is 5.95 Å². The Kier molecular flexibility index (Phi) is 3.87. The van der Waals surface area contributed by atoms with Crippen molar-refractivity contribution in [3.8, 4) is 11.9 Å². The number of fused-ring (bicyclic) bond motifs is 1. The normalized spacial score (nSPS) is 17.5. The third-order valence-electron chi connectivity index (χ3n) is 4.45. The molecule has 0 spiro atoms. The number of ether oxygens (including phenoxy) is 1. The third-order valence-corrected chi connectivity index (χ3v) is 4.45. The zero-order valence-electron chi connectivity index (χ0n) is 13.3. The molecule has 1 fully saturated rings. The molecule has 0 saturated carbocycles. The Morgan fingerprint density at radius 2 is 2.08 bits per heavy atom. The zero-order valence-corrected chi connectivity index (χ0v) is 13.3. The molecule has 0 aromatic carbocycles. The molecule has 0 aliphatic carbocycles. The highest BCUT2D eigenvalue weighted by atomic mass is 16.5. The lowest BCUT2D eigenvalue weighted by molar-refractivity contribution is 0.170. The first-order valence-electron chi connectivity index (χ1n) is 8.13. The van der Waals surface area contributed by atoms with E-state index >= 15 is 0 Å². The summed E-state index contributed by atoms with van der Waals surface area (Å²) in [6, 6.07) is 3.82. The van der Waals surface area contributed by atoms with Crippen LogP contribution in [0.2, 0.25) is 0 Å². The van der Waals surface area contributed by atoms with Crippen LogP contribution in [-0.4, -0.2) is 39.0 Å². The highest BCUT2D eigenvalue weighted by Gasteiger charge is 2.25. The van der Waals surface area contributed by atoms with E-state index in [4.69, 9.17) is 10.00 Å². The van der Waals surface area contributed by atoms with E-state index in [2.05, 4.69) is 26.0 Å². The summed E-state index contributed by atoms with van der Waals surface area (Å²) in [4.78, 5) is 17.1. The standard InChI is InChI=1S/C17H18N6O/c18-12-22-10-13-8-20-17(21-16(13)11-22)23-6-3-14(4-7-23)24-15-2-1-5-19-9-15/h1-2,5,8-9,14H,3-4,6-7,10-11H2. The molecule has 24 heavy (non-hydrogen) atoms. The molecular weight excluding hydrogens is 304 g/mol. The molecule has 2 aliphatic rings. The van der Waals surface area contributed by atoms with Gasteiger partial charge in [-0.25, -0.2) is 9.97 Å². The fourth-order valence-corrected chi connectivity index (χ4v) is 3.15. The third kappa shape index (κ3) is 2.95. The van der Waals surface area contributed by atoms with Crippen molar-refractivity contribution >= 4 is 5.95 Å². The number of piperidine rings is 1. The highest BCUT2D eigenvalue weighted by Crippen LogP contribution is 2.24. The number of rotatable bonds is 3. The van der Waals surface area contributed by atoms with Gasteiger partial charge in [0, 0.05) is 43.9 Å². The molecule has 1 saturated heterocycles. The van der Waals surface area contributed by atoms with Gasteiger partial charge in [-0.05, 0) is 12.1 Å². The first-order valence-corrected chi connectivity index (χ1v) is 8.13. The molecule has 122 valence electrons.